The summed E-state index contributed by atoms with van der Waals surface area (Å²) in [5.41, 5.74) is 0.513. The zero-order valence-electron chi connectivity index (χ0n) is 15.0. The molecule has 27 heavy (non-hydrogen) atoms. The number of amides is 1. The van der Waals surface area contributed by atoms with E-state index in [1.54, 1.807) is 18.2 Å². The predicted molar refractivity (Wildman–Crippen MR) is 98.5 cm³/mol. The Morgan fingerprint density at radius 2 is 1.67 bits per heavy atom. The highest BCUT2D eigenvalue weighted by Crippen LogP contribution is 2.16. The molecule has 7 nitrogen and oxygen atoms in total. The van der Waals surface area contributed by atoms with Crippen molar-refractivity contribution in [3.8, 4) is 5.75 Å². The van der Waals surface area contributed by atoms with Crippen LogP contribution in [0.3, 0.4) is 0 Å². The van der Waals surface area contributed by atoms with Gasteiger partial charge in [-0.15, -0.1) is 0 Å². The van der Waals surface area contributed by atoms with Gasteiger partial charge in [0.1, 0.15) is 5.75 Å². The fraction of sp³-hybridized carbons (Fsp3) is 0.250. The van der Waals surface area contributed by atoms with Gasteiger partial charge >= 0.3 is 11.9 Å². The molecule has 0 saturated heterocycles. The fourth-order valence-electron chi connectivity index (χ4n) is 2.21. The van der Waals surface area contributed by atoms with Crippen LogP contribution in [0.1, 0.15) is 23.2 Å². The lowest BCUT2D eigenvalue weighted by Crippen LogP contribution is -2.22. The molecule has 2 aromatic rings. The lowest BCUT2D eigenvalue weighted by molar-refractivity contribution is -0.147. The Morgan fingerprint density at radius 1 is 0.963 bits per heavy atom. The molecule has 1 N–H and O–H groups in total. The Balaban J connectivity index is 1.69. The molecule has 0 unspecified atom stereocenters. The second kappa shape index (κ2) is 10.6. The van der Waals surface area contributed by atoms with Gasteiger partial charge in [-0.1, -0.05) is 30.3 Å². The number of esters is 2. The van der Waals surface area contributed by atoms with Gasteiger partial charge in [0, 0.05) is 6.42 Å². The molecule has 142 valence electrons. The van der Waals surface area contributed by atoms with Crippen LogP contribution in [0.4, 0.5) is 5.69 Å². The molecular weight excluding hydrogens is 350 g/mol. The minimum Gasteiger partial charge on any atom is -0.494 e. The standard InChI is InChI=1S/C20H21NO6/c1-25-20(24)16-10-5-6-11-17(16)21-18(22)14-27-19(23)12-7-13-26-15-8-3-2-4-9-15/h2-6,8-11H,7,12-14H2,1H3,(H,21,22). The van der Waals surface area contributed by atoms with Crippen molar-refractivity contribution in [3.05, 3.63) is 60.2 Å². The van der Waals surface area contributed by atoms with Gasteiger partial charge in [0.05, 0.1) is 25.0 Å². The second-order valence-electron chi connectivity index (χ2n) is 5.51. The molecule has 0 aliphatic heterocycles. The molecule has 2 rings (SSSR count). The maximum atomic E-state index is 11.9. The summed E-state index contributed by atoms with van der Waals surface area (Å²) in [6.45, 7) is -0.0638. The van der Waals surface area contributed by atoms with Crippen molar-refractivity contribution in [2.24, 2.45) is 0 Å². The zero-order chi connectivity index (χ0) is 19.5. The largest absolute Gasteiger partial charge is 0.494 e. The normalized spacial score (nSPS) is 9.96. The number of carbonyl (C=O) groups is 3. The molecule has 1 amide bonds. The van der Waals surface area contributed by atoms with E-state index >= 15 is 0 Å². The zero-order valence-corrected chi connectivity index (χ0v) is 15.0. The van der Waals surface area contributed by atoms with E-state index < -0.39 is 24.5 Å². The van der Waals surface area contributed by atoms with Crippen molar-refractivity contribution in [2.45, 2.75) is 12.8 Å². The average molecular weight is 371 g/mol. The van der Waals surface area contributed by atoms with Gasteiger partial charge in [-0.05, 0) is 30.7 Å². The van der Waals surface area contributed by atoms with Gasteiger partial charge in [-0.2, -0.15) is 0 Å². The van der Waals surface area contributed by atoms with E-state index in [1.807, 2.05) is 30.3 Å². The van der Waals surface area contributed by atoms with Crippen LogP contribution in [-0.4, -0.2) is 38.2 Å². The smallest absolute Gasteiger partial charge is 0.339 e. The first kappa shape index (κ1) is 20.0. The number of methoxy groups -OCH3 is 1. The van der Waals surface area contributed by atoms with Crippen molar-refractivity contribution < 1.29 is 28.6 Å². The number of anilines is 1. The Hall–Kier alpha value is -3.35. The number of benzene rings is 2. The van der Waals surface area contributed by atoms with Crippen molar-refractivity contribution >= 4 is 23.5 Å². The fourth-order valence-corrected chi connectivity index (χ4v) is 2.21. The highest BCUT2D eigenvalue weighted by molar-refractivity contribution is 6.01. The van der Waals surface area contributed by atoms with Gasteiger partial charge < -0.3 is 19.5 Å². The molecule has 0 fully saturated rings. The molecule has 0 saturated carbocycles. The number of carbonyl (C=O) groups excluding carboxylic acids is 3. The van der Waals surface area contributed by atoms with Crippen molar-refractivity contribution in [3.63, 3.8) is 0 Å². The van der Waals surface area contributed by atoms with Gasteiger partial charge in [-0.25, -0.2) is 4.79 Å². The van der Waals surface area contributed by atoms with Gasteiger partial charge in [-0.3, -0.25) is 9.59 Å². The first-order valence-corrected chi connectivity index (χ1v) is 8.41. The number of hydrogen-bond acceptors (Lipinski definition) is 6. The van der Waals surface area contributed by atoms with Crippen LogP contribution >= 0.6 is 0 Å². The molecule has 0 heterocycles. The first-order chi connectivity index (χ1) is 13.1. The number of para-hydroxylation sites is 2. The summed E-state index contributed by atoms with van der Waals surface area (Å²) in [5, 5.41) is 2.53. The Bertz CT molecular complexity index is 775. The van der Waals surface area contributed by atoms with Gasteiger partial charge in [0.25, 0.3) is 5.91 Å². The van der Waals surface area contributed by atoms with Crippen LogP contribution in [0.25, 0.3) is 0 Å². The molecule has 0 aliphatic carbocycles. The van der Waals surface area contributed by atoms with E-state index in [0.717, 1.165) is 5.75 Å². The average Bonchev–Trinajstić information content (AvgIpc) is 2.70. The molecule has 0 radical (unpaired) electrons. The summed E-state index contributed by atoms with van der Waals surface area (Å²) < 4.78 is 15.1. The molecular formula is C20H21NO6. The molecule has 0 aliphatic rings. The van der Waals surface area contributed by atoms with Crippen LogP contribution in [0, 0.1) is 0 Å². The molecule has 2 aromatic carbocycles. The minimum atomic E-state index is -0.568. The third-order valence-electron chi connectivity index (χ3n) is 3.51. The molecule has 0 spiro atoms. The highest BCUT2D eigenvalue weighted by Gasteiger charge is 2.14. The second-order valence-corrected chi connectivity index (χ2v) is 5.51. The monoisotopic (exact) mass is 371 g/mol. The molecule has 0 aromatic heterocycles. The number of ether oxygens (including phenoxy) is 3. The summed E-state index contributed by atoms with van der Waals surface area (Å²) in [7, 11) is 1.25. The summed E-state index contributed by atoms with van der Waals surface area (Å²) in [5.74, 6) is -0.876. The van der Waals surface area contributed by atoms with Gasteiger partial charge in [0.15, 0.2) is 6.61 Å². The van der Waals surface area contributed by atoms with Crippen LogP contribution in [0.2, 0.25) is 0 Å². The Labute approximate surface area is 157 Å². The lowest BCUT2D eigenvalue weighted by atomic mass is 10.2. The topological polar surface area (TPSA) is 90.9 Å². The van der Waals surface area contributed by atoms with Crippen molar-refractivity contribution in [1.82, 2.24) is 0 Å². The summed E-state index contributed by atoms with van der Waals surface area (Å²) in [4.78, 5) is 35.3. The summed E-state index contributed by atoms with van der Waals surface area (Å²) in [6, 6.07) is 15.7. The third-order valence-corrected chi connectivity index (χ3v) is 3.51. The predicted octanol–water partition coefficient (Wildman–Crippen LogP) is 2.81. The third kappa shape index (κ3) is 6.81. The highest BCUT2D eigenvalue weighted by atomic mass is 16.5. The first-order valence-electron chi connectivity index (χ1n) is 8.41. The van der Waals surface area contributed by atoms with E-state index in [2.05, 4.69) is 10.1 Å². The number of hydrogen-bond donors (Lipinski definition) is 1. The maximum absolute atomic E-state index is 11.9. The number of rotatable bonds is 9. The Morgan fingerprint density at radius 3 is 2.41 bits per heavy atom. The number of nitrogens with one attached hydrogen (secondary N) is 1. The maximum Gasteiger partial charge on any atom is 0.339 e. The van der Waals surface area contributed by atoms with E-state index in [9.17, 15) is 14.4 Å². The Kier molecular flexibility index (Phi) is 7.84. The molecule has 0 bridgehead atoms. The SMILES string of the molecule is COC(=O)c1ccccc1NC(=O)COC(=O)CCCOc1ccccc1. The summed E-state index contributed by atoms with van der Waals surface area (Å²) in [6.07, 6.45) is 0.610. The van der Waals surface area contributed by atoms with Crippen LogP contribution in [0.5, 0.6) is 5.75 Å². The quantitative estimate of drug-likeness (QED) is 0.538. The van der Waals surface area contributed by atoms with Crippen molar-refractivity contribution in [2.75, 3.05) is 25.6 Å². The summed E-state index contributed by atoms with van der Waals surface area (Å²) >= 11 is 0. The van der Waals surface area contributed by atoms with E-state index in [-0.39, 0.29) is 12.0 Å². The van der Waals surface area contributed by atoms with E-state index in [0.29, 0.717) is 18.7 Å². The van der Waals surface area contributed by atoms with Crippen LogP contribution < -0.4 is 10.1 Å². The molecule has 0 atom stereocenters. The molecule has 7 heteroatoms. The van der Waals surface area contributed by atoms with Crippen LogP contribution in [0.15, 0.2) is 54.6 Å². The van der Waals surface area contributed by atoms with Crippen molar-refractivity contribution in [1.29, 1.82) is 0 Å². The van der Waals surface area contributed by atoms with Crippen LogP contribution in [-0.2, 0) is 19.1 Å². The van der Waals surface area contributed by atoms with Gasteiger partial charge in [0.2, 0.25) is 0 Å². The minimum absolute atomic E-state index is 0.138. The lowest BCUT2D eigenvalue weighted by Gasteiger charge is -2.10. The van der Waals surface area contributed by atoms with E-state index in [1.165, 1.54) is 13.2 Å². The van der Waals surface area contributed by atoms with E-state index in [4.69, 9.17) is 9.47 Å².